The second kappa shape index (κ2) is 6.83. The molecular weight excluding hydrogens is 264 g/mol. The predicted molar refractivity (Wildman–Crippen MR) is 84.7 cm³/mol. The van der Waals surface area contributed by atoms with Crippen molar-refractivity contribution < 1.29 is 4.79 Å². The van der Waals surface area contributed by atoms with Gasteiger partial charge in [0.1, 0.15) is 11.5 Å². The lowest BCUT2D eigenvalue weighted by molar-refractivity contribution is 0.0988. The second-order valence-corrected chi connectivity index (χ2v) is 4.92. The van der Waals surface area contributed by atoms with Gasteiger partial charge in [-0.25, -0.2) is 4.98 Å². The molecule has 0 saturated heterocycles. The van der Waals surface area contributed by atoms with E-state index >= 15 is 0 Å². The van der Waals surface area contributed by atoms with Gasteiger partial charge in [-0.05, 0) is 25.5 Å². The molecule has 21 heavy (non-hydrogen) atoms. The zero-order valence-corrected chi connectivity index (χ0v) is 12.6. The molecule has 2 rings (SSSR count). The number of hydrogen-bond acceptors (Lipinski definition) is 4. The third-order valence-electron chi connectivity index (χ3n) is 3.14. The van der Waals surface area contributed by atoms with E-state index in [1.54, 1.807) is 18.1 Å². The number of aromatic nitrogens is 2. The molecule has 1 N–H and O–H groups in total. The lowest BCUT2D eigenvalue weighted by atomic mass is 10.2. The molecule has 1 amide bonds. The molecule has 1 aromatic heterocycles. The standard InChI is InChI=1S/C16H20N4O/c1-4-9-18-15-11-17-10-14(19-15)16(21)20(3)13-7-5-12(2)6-8-13/h5-8,10-11H,4,9H2,1-3H3,(H,18,19). The molecule has 0 aliphatic rings. The highest BCUT2D eigenvalue weighted by atomic mass is 16.2. The first-order chi connectivity index (χ1) is 10.1. The van der Waals surface area contributed by atoms with Gasteiger partial charge in [0.25, 0.3) is 5.91 Å². The minimum atomic E-state index is -0.175. The summed E-state index contributed by atoms with van der Waals surface area (Å²) < 4.78 is 0. The zero-order valence-electron chi connectivity index (χ0n) is 12.6. The van der Waals surface area contributed by atoms with Crippen molar-refractivity contribution in [2.45, 2.75) is 20.3 Å². The molecule has 0 fully saturated rings. The van der Waals surface area contributed by atoms with E-state index in [1.165, 1.54) is 6.20 Å². The minimum Gasteiger partial charge on any atom is -0.369 e. The van der Waals surface area contributed by atoms with Crippen LogP contribution < -0.4 is 10.2 Å². The lowest BCUT2D eigenvalue weighted by Crippen LogP contribution is -2.27. The lowest BCUT2D eigenvalue weighted by Gasteiger charge is -2.17. The van der Waals surface area contributed by atoms with E-state index < -0.39 is 0 Å². The second-order valence-electron chi connectivity index (χ2n) is 4.92. The van der Waals surface area contributed by atoms with E-state index in [9.17, 15) is 4.79 Å². The molecule has 0 aliphatic heterocycles. The third-order valence-corrected chi connectivity index (χ3v) is 3.14. The monoisotopic (exact) mass is 284 g/mol. The molecule has 0 spiro atoms. The van der Waals surface area contributed by atoms with E-state index in [-0.39, 0.29) is 5.91 Å². The van der Waals surface area contributed by atoms with Crippen molar-refractivity contribution in [1.29, 1.82) is 0 Å². The number of anilines is 2. The van der Waals surface area contributed by atoms with Crippen LogP contribution in [0.2, 0.25) is 0 Å². The Morgan fingerprint density at radius 1 is 1.24 bits per heavy atom. The molecular formula is C16H20N4O. The number of benzene rings is 1. The minimum absolute atomic E-state index is 0.175. The summed E-state index contributed by atoms with van der Waals surface area (Å²) in [6, 6.07) is 7.79. The van der Waals surface area contributed by atoms with Gasteiger partial charge in [-0.2, -0.15) is 0 Å². The SMILES string of the molecule is CCCNc1cncc(C(=O)N(C)c2ccc(C)cc2)n1. The topological polar surface area (TPSA) is 58.1 Å². The van der Waals surface area contributed by atoms with Crippen LogP contribution in [-0.4, -0.2) is 29.5 Å². The molecule has 1 heterocycles. The number of rotatable bonds is 5. The highest BCUT2D eigenvalue weighted by molar-refractivity contribution is 6.04. The summed E-state index contributed by atoms with van der Waals surface area (Å²) in [5.41, 5.74) is 2.32. The number of amides is 1. The van der Waals surface area contributed by atoms with Crippen LogP contribution in [0, 0.1) is 6.92 Å². The average Bonchev–Trinajstić information content (AvgIpc) is 2.52. The van der Waals surface area contributed by atoms with Gasteiger partial charge in [-0.1, -0.05) is 24.6 Å². The van der Waals surface area contributed by atoms with E-state index in [4.69, 9.17) is 0 Å². The predicted octanol–water partition coefficient (Wildman–Crippen LogP) is 2.88. The van der Waals surface area contributed by atoms with Gasteiger partial charge in [0.05, 0.1) is 12.4 Å². The van der Waals surface area contributed by atoms with Crippen molar-refractivity contribution in [3.05, 3.63) is 47.9 Å². The third kappa shape index (κ3) is 3.78. The molecule has 110 valence electrons. The van der Waals surface area contributed by atoms with Crippen LogP contribution in [0.1, 0.15) is 29.4 Å². The zero-order chi connectivity index (χ0) is 15.2. The van der Waals surface area contributed by atoms with Crippen LogP contribution in [0.4, 0.5) is 11.5 Å². The van der Waals surface area contributed by atoms with Crippen LogP contribution in [0.15, 0.2) is 36.7 Å². The van der Waals surface area contributed by atoms with E-state index in [1.807, 2.05) is 31.2 Å². The molecule has 1 aromatic carbocycles. The Bertz CT molecular complexity index is 610. The molecule has 5 nitrogen and oxygen atoms in total. The Hall–Kier alpha value is -2.43. The normalized spacial score (nSPS) is 10.2. The Balaban J connectivity index is 2.17. The number of carbonyl (C=O) groups excluding carboxylic acids is 1. The van der Waals surface area contributed by atoms with E-state index in [0.29, 0.717) is 11.5 Å². The van der Waals surface area contributed by atoms with Gasteiger partial charge >= 0.3 is 0 Å². The first-order valence-electron chi connectivity index (χ1n) is 7.02. The highest BCUT2D eigenvalue weighted by Crippen LogP contribution is 2.16. The average molecular weight is 284 g/mol. The van der Waals surface area contributed by atoms with Crippen molar-refractivity contribution in [1.82, 2.24) is 9.97 Å². The molecule has 0 atom stereocenters. The van der Waals surface area contributed by atoms with Crippen LogP contribution in [-0.2, 0) is 0 Å². The first kappa shape index (κ1) is 15.0. The van der Waals surface area contributed by atoms with Crippen molar-refractivity contribution in [2.24, 2.45) is 0 Å². The summed E-state index contributed by atoms with van der Waals surface area (Å²) in [7, 11) is 1.74. The number of nitrogens with zero attached hydrogens (tertiary/aromatic N) is 3. The van der Waals surface area contributed by atoms with Gasteiger partial charge in [-0.15, -0.1) is 0 Å². The maximum atomic E-state index is 12.5. The van der Waals surface area contributed by atoms with Gasteiger partial charge in [0, 0.05) is 19.3 Å². The van der Waals surface area contributed by atoms with E-state index in [0.717, 1.165) is 24.2 Å². The van der Waals surface area contributed by atoms with Gasteiger partial charge < -0.3 is 10.2 Å². The summed E-state index contributed by atoms with van der Waals surface area (Å²) in [4.78, 5) is 22.4. The van der Waals surface area contributed by atoms with Crippen LogP contribution in [0.3, 0.4) is 0 Å². The van der Waals surface area contributed by atoms with Crippen LogP contribution in [0.25, 0.3) is 0 Å². The molecule has 0 aliphatic carbocycles. The van der Waals surface area contributed by atoms with Gasteiger partial charge in [0.2, 0.25) is 0 Å². The number of aryl methyl sites for hydroxylation is 1. The van der Waals surface area contributed by atoms with Crippen molar-refractivity contribution in [2.75, 3.05) is 23.8 Å². The van der Waals surface area contributed by atoms with Crippen molar-refractivity contribution >= 4 is 17.4 Å². The Kier molecular flexibility index (Phi) is 4.87. The van der Waals surface area contributed by atoms with Gasteiger partial charge in [-0.3, -0.25) is 9.78 Å². The molecule has 2 aromatic rings. The summed E-state index contributed by atoms with van der Waals surface area (Å²) in [5.74, 6) is 0.450. The number of hydrogen-bond donors (Lipinski definition) is 1. The molecule has 0 radical (unpaired) electrons. The maximum absolute atomic E-state index is 12.5. The summed E-state index contributed by atoms with van der Waals surface area (Å²) in [6.45, 7) is 4.89. The fourth-order valence-corrected chi connectivity index (χ4v) is 1.86. The summed E-state index contributed by atoms with van der Waals surface area (Å²) >= 11 is 0. The van der Waals surface area contributed by atoms with E-state index in [2.05, 4.69) is 22.2 Å². The highest BCUT2D eigenvalue weighted by Gasteiger charge is 2.15. The fraction of sp³-hybridized carbons (Fsp3) is 0.312. The Morgan fingerprint density at radius 3 is 2.62 bits per heavy atom. The van der Waals surface area contributed by atoms with Crippen molar-refractivity contribution in [3.8, 4) is 0 Å². The molecule has 0 saturated carbocycles. The molecule has 0 unspecified atom stereocenters. The molecule has 5 heteroatoms. The smallest absolute Gasteiger partial charge is 0.278 e. The fourth-order valence-electron chi connectivity index (χ4n) is 1.86. The number of carbonyl (C=O) groups is 1. The summed E-state index contributed by atoms with van der Waals surface area (Å²) in [6.07, 6.45) is 4.10. The Morgan fingerprint density at radius 2 is 1.95 bits per heavy atom. The van der Waals surface area contributed by atoms with Gasteiger partial charge in [0.15, 0.2) is 0 Å². The Labute approximate surface area is 125 Å². The van der Waals surface area contributed by atoms with Crippen LogP contribution >= 0.6 is 0 Å². The molecule has 0 bridgehead atoms. The van der Waals surface area contributed by atoms with Crippen LogP contribution in [0.5, 0.6) is 0 Å². The maximum Gasteiger partial charge on any atom is 0.278 e. The van der Waals surface area contributed by atoms with Crippen molar-refractivity contribution in [3.63, 3.8) is 0 Å². The largest absolute Gasteiger partial charge is 0.369 e. The first-order valence-corrected chi connectivity index (χ1v) is 7.02. The quantitative estimate of drug-likeness (QED) is 0.917. The summed E-state index contributed by atoms with van der Waals surface area (Å²) in [5, 5.41) is 3.13. The number of nitrogens with one attached hydrogen (secondary N) is 1.